The molecule has 3 fully saturated rings. The number of nitrogens with one attached hydrogen (secondary N) is 2. The van der Waals surface area contributed by atoms with Gasteiger partial charge in [0.1, 0.15) is 23.4 Å². The number of rotatable bonds is 22. The maximum atomic E-state index is 13.2. The monoisotopic (exact) mass is 967 g/mol. The summed E-state index contributed by atoms with van der Waals surface area (Å²) in [4.78, 5) is 42.3. The molecular formula is C53H82N4O10S. The predicted molar refractivity (Wildman–Crippen MR) is 269 cm³/mol. The highest BCUT2D eigenvalue weighted by Crippen LogP contribution is 2.59. The van der Waals surface area contributed by atoms with Gasteiger partial charge in [0.25, 0.3) is 10.0 Å². The second-order valence-corrected chi connectivity index (χ2v) is 21.2. The Labute approximate surface area is 407 Å². The normalized spacial score (nSPS) is 24.4. The summed E-state index contributed by atoms with van der Waals surface area (Å²) in [6.45, 7) is 19.2. The molecule has 68 heavy (non-hydrogen) atoms. The molecule has 0 unspecified atom stereocenters. The van der Waals surface area contributed by atoms with E-state index in [1.54, 1.807) is 37.5 Å². The van der Waals surface area contributed by atoms with Crippen molar-refractivity contribution < 1.29 is 46.9 Å². The molecule has 1 saturated carbocycles. The molecule has 2 aliphatic carbocycles. The minimum atomic E-state index is -3.97. The maximum Gasteiger partial charge on any atom is 0.338 e. The Bertz CT molecular complexity index is 2180. The number of aryl methyl sites for hydroxylation is 1. The van der Waals surface area contributed by atoms with Crippen molar-refractivity contribution in [3.63, 3.8) is 0 Å². The molecule has 2 aromatic rings. The molecule has 2 saturated heterocycles. The van der Waals surface area contributed by atoms with Gasteiger partial charge in [-0.1, -0.05) is 83.2 Å². The molecule has 14 nitrogen and oxygen atoms in total. The van der Waals surface area contributed by atoms with Crippen LogP contribution in [0.2, 0.25) is 0 Å². The molecular weight excluding hydrogens is 885 g/mol. The first-order valence-electron chi connectivity index (χ1n) is 24.3. The summed E-state index contributed by atoms with van der Waals surface area (Å²) in [5.74, 6) is -1.95. The maximum absolute atomic E-state index is 13.2. The van der Waals surface area contributed by atoms with Crippen LogP contribution in [0.4, 0.5) is 5.69 Å². The standard InChI is InChI=1S/C28H48N2O6.C24H30N2O4S.CH4/c1-18(2)10-11-22-27(5,36-22)25-24(33-8)21(12-13-28(25)17-34-28)35-23(31)16-20(19(3)4)26(32)29-14-9-15-30(6)7;1-3-26(4-2)17-9-12-19-11-6-8-14-22(19)31(29,30)25-21-16-15-18-10-5-7-13-20(18)23(21)24(27)28;/h10,19-22,24-25H,9,11-17H2,1-8H3,(H,29,32);6,8-9,11-12,14-16,25H,3-5,7,10,13,17H2,1-2H3,(H,27,28);1H4/b;12-9-;/t20-,21-,22-,24-,25-,27+,28+;;/m1../s1. The van der Waals surface area contributed by atoms with Gasteiger partial charge in [0.15, 0.2) is 0 Å². The molecule has 0 aromatic heterocycles. The van der Waals surface area contributed by atoms with E-state index in [1.165, 1.54) is 11.6 Å². The van der Waals surface area contributed by atoms with E-state index in [0.717, 1.165) is 75.8 Å². The second kappa shape index (κ2) is 25.1. The van der Waals surface area contributed by atoms with Crippen molar-refractivity contribution in [2.75, 3.05) is 65.3 Å². The fraction of sp³-hybridized carbons (Fsp3) is 0.642. The molecule has 15 heteroatoms. The predicted octanol–water partition coefficient (Wildman–Crippen LogP) is 8.39. The molecule has 6 rings (SSSR count). The van der Waals surface area contributed by atoms with Gasteiger partial charge in [-0.25, -0.2) is 13.2 Å². The number of likely N-dealkylation sites (N-methyl/N-ethyl adjacent to an activating group) is 1. The number of amides is 1. The van der Waals surface area contributed by atoms with Crippen molar-refractivity contribution in [3.8, 4) is 0 Å². The highest BCUT2D eigenvalue weighted by Gasteiger charge is 2.72. The van der Waals surface area contributed by atoms with Crippen molar-refractivity contribution in [2.45, 2.75) is 148 Å². The number of hydrogen-bond acceptors (Lipinski definition) is 11. The Kier molecular flexibility index (Phi) is 20.9. The van der Waals surface area contributed by atoms with Gasteiger partial charge in [-0.05, 0) is 141 Å². The molecule has 3 N–H and O–H groups in total. The van der Waals surface area contributed by atoms with E-state index in [4.69, 9.17) is 18.9 Å². The van der Waals surface area contributed by atoms with Crippen LogP contribution in [0.3, 0.4) is 0 Å². The van der Waals surface area contributed by atoms with Crippen LogP contribution in [-0.4, -0.2) is 131 Å². The first kappa shape index (κ1) is 56.5. The smallest absolute Gasteiger partial charge is 0.338 e. The molecule has 2 aromatic carbocycles. The number of sulfonamides is 1. The van der Waals surface area contributed by atoms with Gasteiger partial charge in [-0.15, -0.1) is 0 Å². The van der Waals surface area contributed by atoms with Crippen molar-refractivity contribution >= 4 is 39.6 Å². The summed E-state index contributed by atoms with van der Waals surface area (Å²) >= 11 is 0. The van der Waals surface area contributed by atoms with Crippen molar-refractivity contribution in [1.29, 1.82) is 0 Å². The molecule has 1 spiro atoms. The Hall–Kier alpha value is -4.12. The van der Waals surface area contributed by atoms with E-state index in [2.05, 4.69) is 60.5 Å². The van der Waals surface area contributed by atoms with Crippen LogP contribution >= 0.6 is 0 Å². The van der Waals surface area contributed by atoms with Gasteiger partial charge in [0, 0.05) is 20.2 Å². The number of carboxylic acids is 1. The van der Waals surface area contributed by atoms with Crippen molar-refractivity contribution in [3.05, 3.63) is 76.4 Å². The van der Waals surface area contributed by atoms with Crippen LogP contribution in [0.25, 0.3) is 6.08 Å². The van der Waals surface area contributed by atoms with Crippen LogP contribution in [-0.2, 0) is 51.4 Å². The van der Waals surface area contributed by atoms with Crippen LogP contribution in [0.1, 0.15) is 128 Å². The summed E-state index contributed by atoms with van der Waals surface area (Å²) in [7, 11) is 1.72. The molecule has 2 heterocycles. The number of epoxide rings is 2. The largest absolute Gasteiger partial charge is 0.478 e. The lowest BCUT2D eigenvalue weighted by molar-refractivity contribution is -0.173. The molecule has 0 radical (unpaired) electrons. The first-order chi connectivity index (χ1) is 31.8. The van der Waals surface area contributed by atoms with Crippen molar-refractivity contribution in [2.24, 2.45) is 17.8 Å². The van der Waals surface area contributed by atoms with Crippen molar-refractivity contribution in [1.82, 2.24) is 15.1 Å². The summed E-state index contributed by atoms with van der Waals surface area (Å²) in [5.41, 5.74) is 3.12. The minimum absolute atomic E-state index is 0. The second-order valence-electron chi connectivity index (χ2n) is 19.6. The Balaban J connectivity index is 0.000000295. The highest BCUT2D eigenvalue weighted by molar-refractivity contribution is 7.92. The summed E-state index contributed by atoms with van der Waals surface area (Å²) in [6, 6.07) is 10.2. The van der Waals surface area contributed by atoms with Gasteiger partial charge in [0.05, 0.1) is 47.1 Å². The van der Waals surface area contributed by atoms with E-state index in [1.807, 2.05) is 40.1 Å². The molecule has 1 amide bonds. The number of aromatic carboxylic acids is 1. The lowest BCUT2D eigenvalue weighted by Gasteiger charge is -2.42. The Morgan fingerprint density at radius 1 is 1.04 bits per heavy atom. The summed E-state index contributed by atoms with van der Waals surface area (Å²) in [5, 5.41) is 12.8. The first-order valence-corrected chi connectivity index (χ1v) is 25.8. The number of ether oxygens (including phenoxy) is 4. The van der Waals surface area contributed by atoms with E-state index in [9.17, 15) is 27.9 Å². The number of allylic oxidation sites excluding steroid dienone is 1. The third-order valence-electron chi connectivity index (χ3n) is 13.9. The van der Waals surface area contributed by atoms with Gasteiger partial charge in [-0.3, -0.25) is 14.3 Å². The van der Waals surface area contributed by atoms with E-state index >= 15 is 0 Å². The number of anilines is 1. The van der Waals surface area contributed by atoms with Crippen LogP contribution in [0, 0.1) is 17.8 Å². The van der Waals surface area contributed by atoms with E-state index in [-0.39, 0.29) is 83.2 Å². The van der Waals surface area contributed by atoms with Gasteiger partial charge in [0.2, 0.25) is 5.91 Å². The minimum Gasteiger partial charge on any atom is -0.478 e. The number of carbonyl (C=O) groups is 3. The average Bonchev–Trinajstić information content (AvgIpc) is 4.21. The molecule has 380 valence electrons. The molecule has 4 aliphatic rings. The zero-order valence-electron chi connectivity index (χ0n) is 41.7. The van der Waals surface area contributed by atoms with Gasteiger partial charge in [-0.2, -0.15) is 0 Å². The number of nitrogens with zero attached hydrogens (tertiary/aromatic N) is 2. The van der Waals surface area contributed by atoms with Crippen LogP contribution in [0.5, 0.6) is 0 Å². The summed E-state index contributed by atoms with van der Waals surface area (Å²) in [6.07, 6.45) is 12.0. The molecule has 0 bridgehead atoms. The van der Waals surface area contributed by atoms with Gasteiger partial charge < -0.3 is 39.2 Å². The topological polar surface area (TPSA) is 180 Å². The number of fused-ring (bicyclic) bond motifs is 1. The van der Waals surface area contributed by atoms with Crippen LogP contribution in [0.15, 0.2) is 59.0 Å². The number of esters is 1. The van der Waals surface area contributed by atoms with E-state index in [0.29, 0.717) is 31.6 Å². The number of carbonyl (C=O) groups excluding carboxylic acids is 2. The lowest BCUT2D eigenvalue weighted by Crippen LogP contribution is -2.55. The number of hydrogen-bond donors (Lipinski definition) is 3. The van der Waals surface area contributed by atoms with Crippen LogP contribution < -0.4 is 10.0 Å². The zero-order valence-corrected chi connectivity index (χ0v) is 42.5. The Morgan fingerprint density at radius 3 is 2.35 bits per heavy atom. The zero-order chi connectivity index (χ0) is 49.1. The average molecular weight is 967 g/mol. The highest BCUT2D eigenvalue weighted by atomic mass is 32.2. The summed E-state index contributed by atoms with van der Waals surface area (Å²) < 4.78 is 53.2. The lowest BCUT2D eigenvalue weighted by atomic mass is 9.68. The third-order valence-corrected chi connectivity index (χ3v) is 15.3. The third kappa shape index (κ3) is 14.5. The van der Waals surface area contributed by atoms with Gasteiger partial charge >= 0.3 is 11.9 Å². The quantitative estimate of drug-likeness (QED) is 0.0445. The fourth-order valence-corrected chi connectivity index (χ4v) is 11.1. The number of carboxylic acid groups (broad SMARTS) is 1. The SMILES string of the molecule is C.CCN(CC)C/C=C\c1ccccc1S(=O)(=O)Nc1ccc2c(c1C(=O)O)CCCC2.CO[C@@H]1[C@H](OC(=O)C[C@@H](C(=O)NCCCN(C)C)C(C)C)CC[C@]2(CO2)[C@H]1[C@@]1(C)O[C@@H]1CC=C(C)C. The molecule has 2 aliphatic heterocycles. The number of benzene rings is 2. The Morgan fingerprint density at radius 2 is 1.74 bits per heavy atom. The number of methoxy groups -OCH3 is 1. The van der Waals surface area contributed by atoms with E-state index < -0.39 is 21.9 Å². The molecule has 7 atom stereocenters. The fourth-order valence-electron chi connectivity index (χ4n) is 9.87.